The van der Waals surface area contributed by atoms with Gasteiger partial charge in [-0.2, -0.15) is 0 Å². The number of rotatable bonds is 2. The molecule has 3 heteroatoms. The molecule has 0 bridgehead atoms. The molecule has 0 aromatic carbocycles. The first-order valence-corrected chi connectivity index (χ1v) is 14.1. The smallest absolute Gasteiger partial charge is 0.306 e. The quantitative estimate of drug-likeness (QED) is 0.461. The summed E-state index contributed by atoms with van der Waals surface area (Å²) < 4.78 is 0. The summed E-state index contributed by atoms with van der Waals surface area (Å²) in [6.07, 6.45) is 12.0. The summed E-state index contributed by atoms with van der Waals surface area (Å²) >= 11 is 0. The molecule has 5 aliphatic rings. The molecule has 5 saturated carbocycles. The predicted molar refractivity (Wildman–Crippen MR) is 133 cm³/mol. The molecule has 0 amide bonds. The Balaban J connectivity index is 1.53. The Morgan fingerprint density at radius 3 is 2.15 bits per heavy atom. The first-order chi connectivity index (χ1) is 15.2. The van der Waals surface area contributed by atoms with Crippen molar-refractivity contribution in [1.29, 1.82) is 0 Å². The standard InChI is InChI=1S/C30H50O3/c1-18(25(32)33)19-10-13-27(4)16-17-29(6)20(24(19)27)8-9-22-28(5)14-12-23(31)26(2,3)21(28)11-15-30(22,29)7/h18-24,31H,8-17H2,1-7H3,(H,32,33)/t18-,19-,20+,21-,22+,23-,24+,27+,28-,29+,30+/m0/s1. The van der Waals surface area contributed by atoms with E-state index in [9.17, 15) is 15.0 Å². The molecule has 33 heavy (non-hydrogen) atoms. The van der Waals surface area contributed by atoms with E-state index in [0.717, 1.165) is 18.8 Å². The molecule has 3 nitrogen and oxygen atoms in total. The molecule has 0 aromatic rings. The molecular weight excluding hydrogens is 408 g/mol. The van der Waals surface area contributed by atoms with Crippen LogP contribution in [0.15, 0.2) is 0 Å². The van der Waals surface area contributed by atoms with Gasteiger partial charge in [0.25, 0.3) is 0 Å². The Bertz CT molecular complexity index is 819. The molecule has 5 aliphatic carbocycles. The monoisotopic (exact) mass is 458 g/mol. The number of hydrogen-bond donors (Lipinski definition) is 2. The van der Waals surface area contributed by atoms with E-state index < -0.39 is 5.97 Å². The zero-order valence-corrected chi connectivity index (χ0v) is 22.4. The van der Waals surface area contributed by atoms with Crippen molar-refractivity contribution in [3.05, 3.63) is 0 Å². The van der Waals surface area contributed by atoms with E-state index >= 15 is 0 Å². The van der Waals surface area contributed by atoms with E-state index in [-0.39, 0.29) is 17.4 Å². The van der Waals surface area contributed by atoms with Gasteiger partial charge >= 0.3 is 5.97 Å². The highest BCUT2D eigenvalue weighted by molar-refractivity contribution is 5.70. The van der Waals surface area contributed by atoms with E-state index in [4.69, 9.17) is 0 Å². The van der Waals surface area contributed by atoms with Crippen LogP contribution in [0.3, 0.4) is 0 Å². The van der Waals surface area contributed by atoms with Crippen LogP contribution in [-0.2, 0) is 4.79 Å². The van der Waals surface area contributed by atoms with Crippen LogP contribution in [0.1, 0.15) is 113 Å². The highest BCUT2D eigenvalue weighted by atomic mass is 16.4. The van der Waals surface area contributed by atoms with Crippen molar-refractivity contribution >= 4 is 5.97 Å². The zero-order valence-electron chi connectivity index (χ0n) is 22.4. The van der Waals surface area contributed by atoms with E-state index in [2.05, 4.69) is 41.5 Å². The number of aliphatic hydroxyl groups is 1. The minimum atomic E-state index is -0.590. The summed E-state index contributed by atoms with van der Waals surface area (Å²) in [6.45, 7) is 17.0. The number of carboxylic acid groups (broad SMARTS) is 1. The lowest BCUT2D eigenvalue weighted by molar-refractivity contribution is -0.248. The summed E-state index contributed by atoms with van der Waals surface area (Å²) in [5.74, 6) is 2.08. The molecule has 0 saturated heterocycles. The first-order valence-electron chi connectivity index (χ1n) is 14.1. The molecule has 11 atom stereocenters. The SMILES string of the molecule is C[C@H](C(=O)O)[C@@H]1CC[C@]2(C)CC[C@]3(C)[C@H](CC[C@@H]4[C@@]5(C)CC[C@H](O)C(C)(C)[C@@H]5CC[C@]43C)[C@@H]12. The summed E-state index contributed by atoms with van der Waals surface area (Å²) in [5, 5.41) is 20.8. The average Bonchev–Trinajstić information content (AvgIpc) is 3.08. The largest absolute Gasteiger partial charge is 0.481 e. The number of carbonyl (C=O) groups is 1. The van der Waals surface area contributed by atoms with Crippen molar-refractivity contribution in [2.75, 3.05) is 0 Å². The van der Waals surface area contributed by atoms with Crippen LogP contribution < -0.4 is 0 Å². The fourth-order valence-electron chi connectivity index (χ4n) is 11.7. The molecule has 5 fully saturated rings. The number of fused-ring (bicyclic) bond motifs is 7. The maximum Gasteiger partial charge on any atom is 0.306 e. The molecule has 0 aromatic heterocycles. The number of carboxylic acids is 1. The lowest BCUT2D eigenvalue weighted by Gasteiger charge is -2.73. The lowest BCUT2D eigenvalue weighted by Crippen LogP contribution is -2.66. The van der Waals surface area contributed by atoms with Gasteiger partial charge in [0.2, 0.25) is 0 Å². The Kier molecular flexibility index (Phi) is 5.29. The number of aliphatic carboxylic acids is 1. The van der Waals surface area contributed by atoms with Gasteiger partial charge in [0, 0.05) is 0 Å². The van der Waals surface area contributed by atoms with Crippen LogP contribution in [-0.4, -0.2) is 22.3 Å². The fourth-order valence-corrected chi connectivity index (χ4v) is 11.7. The summed E-state index contributed by atoms with van der Waals surface area (Å²) in [4.78, 5) is 12.1. The summed E-state index contributed by atoms with van der Waals surface area (Å²) in [6, 6.07) is 0. The van der Waals surface area contributed by atoms with Gasteiger partial charge in [-0.05, 0) is 121 Å². The van der Waals surface area contributed by atoms with Gasteiger partial charge in [-0.1, -0.05) is 48.5 Å². The normalized spacial score (nSPS) is 56.1. The van der Waals surface area contributed by atoms with E-state index in [1.807, 2.05) is 6.92 Å². The van der Waals surface area contributed by atoms with Gasteiger partial charge in [-0.3, -0.25) is 4.79 Å². The minimum Gasteiger partial charge on any atom is -0.481 e. The predicted octanol–water partition coefficient (Wildman–Crippen LogP) is 7.17. The third-order valence-electron chi connectivity index (χ3n) is 13.9. The van der Waals surface area contributed by atoms with Crippen LogP contribution in [0, 0.1) is 62.6 Å². The maximum atomic E-state index is 12.1. The van der Waals surface area contributed by atoms with Crippen molar-refractivity contribution in [2.24, 2.45) is 62.6 Å². The molecule has 2 N–H and O–H groups in total. The molecule has 188 valence electrons. The van der Waals surface area contributed by atoms with Gasteiger partial charge < -0.3 is 10.2 Å². The Labute approximate surface area is 202 Å². The molecule has 0 unspecified atom stereocenters. The van der Waals surface area contributed by atoms with E-state index in [0.29, 0.717) is 45.3 Å². The van der Waals surface area contributed by atoms with E-state index in [1.54, 1.807) is 0 Å². The van der Waals surface area contributed by atoms with E-state index in [1.165, 1.54) is 51.4 Å². The third kappa shape index (κ3) is 2.93. The Morgan fingerprint density at radius 2 is 1.48 bits per heavy atom. The Morgan fingerprint density at radius 1 is 0.788 bits per heavy atom. The molecule has 0 heterocycles. The van der Waals surface area contributed by atoms with Crippen molar-refractivity contribution in [2.45, 2.75) is 119 Å². The van der Waals surface area contributed by atoms with Crippen molar-refractivity contribution in [3.63, 3.8) is 0 Å². The van der Waals surface area contributed by atoms with Gasteiger partial charge in [0.05, 0.1) is 12.0 Å². The molecule has 0 spiro atoms. The van der Waals surface area contributed by atoms with Crippen molar-refractivity contribution in [3.8, 4) is 0 Å². The van der Waals surface area contributed by atoms with Crippen molar-refractivity contribution < 1.29 is 15.0 Å². The van der Waals surface area contributed by atoms with Gasteiger partial charge in [-0.25, -0.2) is 0 Å². The first kappa shape index (κ1) is 24.1. The van der Waals surface area contributed by atoms with Gasteiger partial charge in [0.15, 0.2) is 0 Å². The molecule has 0 aliphatic heterocycles. The fraction of sp³-hybridized carbons (Fsp3) is 0.967. The summed E-state index contributed by atoms with van der Waals surface area (Å²) in [7, 11) is 0. The van der Waals surface area contributed by atoms with Gasteiger partial charge in [-0.15, -0.1) is 0 Å². The molecular formula is C30H50O3. The van der Waals surface area contributed by atoms with Crippen LogP contribution >= 0.6 is 0 Å². The molecule has 5 rings (SSSR count). The number of hydrogen-bond acceptors (Lipinski definition) is 2. The van der Waals surface area contributed by atoms with Gasteiger partial charge in [0.1, 0.15) is 0 Å². The second-order valence-corrected chi connectivity index (χ2v) is 15.1. The zero-order chi connectivity index (χ0) is 24.2. The average molecular weight is 459 g/mol. The number of aliphatic hydroxyl groups excluding tert-OH is 1. The highest BCUT2D eigenvalue weighted by Crippen LogP contribution is 2.77. The summed E-state index contributed by atoms with van der Waals surface area (Å²) in [5.41, 5.74) is 1.27. The van der Waals surface area contributed by atoms with Crippen LogP contribution in [0.2, 0.25) is 0 Å². The highest BCUT2D eigenvalue weighted by Gasteiger charge is 2.70. The molecule has 0 radical (unpaired) electrons. The Hall–Kier alpha value is -0.570. The van der Waals surface area contributed by atoms with Crippen LogP contribution in [0.4, 0.5) is 0 Å². The lowest BCUT2D eigenvalue weighted by atomic mass is 9.32. The van der Waals surface area contributed by atoms with Crippen LogP contribution in [0.5, 0.6) is 0 Å². The van der Waals surface area contributed by atoms with Crippen molar-refractivity contribution in [1.82, 2.24) is 0 Å². The third-order valence-corrected chi connectivity index (χ3v) is 13.9. The maximum absolute atomic E-state index is 12.1. The second kappa shape index (κ2) is 7.23. The topological polar surface area (TPSA) is 57.5 Å². The van der Waals surface area contributed by atoms with Crippen LogP contribution in [0.25, 0.3) is 0 Å². The minimum absolute atomic E-state index is 0.00465. The second-order valence-electron chi connectivity index (χ2n) is 15.1.